The average Bonchev–Trinajstić information content (AvgIpc) is 3.15. The van der Waals surface area contributed by atoms with E-state index in [-0.39, 0.29) is 17.2 Å². The molecule has 2 amide bonds. The fraction of sp³-hybridized carbons (Fsp3) is 0.588. The highest BCUT2D eigenvalue weighted by Gasteiger charge is 2.49. The summed E-state index contributed by atoms with van der Waals surface area (Å²) in [6.45, 7) is 2.26. The number of rotatable bonds is 3. The summed E-state index contributed by atoms with van der Waals surface area (Å²) in [5, 5.41) is 0. The van der Waals surface area contributed by atoms with Crippen LogP contribution in [0.3, 0.4) is 0 Å². The third-order valence-corrected chi connectivity index (χ3v) is 5.23. The molecule has 0 radical (unpaired) electrons. The van der Waals surface area contributed by atoms with Crippen molar-refractivity contribution in [3.05, 3.63) is 24.5 Å². The van der Waals surface area contributed by atoms with Gasteiger partial charge in [-0.2, -0.15) is 0 Å². The Bertz CT molecular complexity index is 599. The lowest BCUT2D eigenvalue weighted by Gasteiger charge is -2.24. The van der Waals surface area contributed by atoms with E-state index in [0.29, 0.717) is 25.3 Å². The topological polar surface area (TPSA) is 53.5 Å². The number of amides is 2. The Morgan fingerprint density at radius 1 is 1.36 bits per heavy atom. The first-order valence-corrected chi connectivity index (χ1v) is 8.13. The number of carbonyl (C=O) groups is 2. The van der Waals surface area contributed by atoms with Gasteiger partial charge in [-0.3, -0.25) is 14.6 Å². The molecule has 0 bridgehead atoms. The molecule has 1 atom stereocenters. The second-order valence-corrected chi connectivity index (χ2v) is 7.08. The Labute approximate surface area is 130 Å². The smallest absolute Gasteiger partial charge is 0.227 e. The quantitative estimate of drug-likeness (QED) is 0.855. The van der Waals surface area contributed by atoms with E-state index in [4.69, 9.17) is 0 Å². The summed E-state index contributed by atoms with van der Waals surface area (Å²) in [5.41, 5.74) is 0.818. The van der Waals surface area contributed by atoms with Gasteiger partial charge in [0, 0.05) is 44.1 Å². The summed E-state index contributed by atoms with van der Waals surface area (Å²) in [5.74, 6) is 1.07. The minimum absolute atomic E-state index is 0.0495. The molecule has 1 saturated carbocycles. The molecule has 1 spiro atoms. The Kier molecular flexibility index (Phi) is 3.17. The van der Waals surface area contributed by atoms with Gasteiger partial charge < -0.3 is 9.80 Å². The molecule has 0 aromatic carbocycles. The van der Waals surface area contributed by atoms with Crippen LogP contribution in [0.1, 0.15) is 32.1 Å². The van der Waals surface area contributed by atoms with E-state index in [2.05, 4.69) is 4.98 Å². The lowest BCUT2D eigenvalue weighted by molar-refractivity contribution is -0.131. The molecule has 3 aliphatic rings. The molecule has 116 valence electrons. The van der Waals surface area contributed by atoms with E-state index in [1.807, 2.05) is 21.9 Å². The zero-order valence-corrected chi connectivity index (χ0v) is 12.7. The second kappa shape index (κ2) is 5.07. The van der Waals surface area contributed by atoms with Crippen LogP contribution in [0.2, 0.25) is 0 Å². The van der Waals surface area contributed by atoms with E-state index in [0.717, 1.165) is 25.2 Å². The fourth-order valence-electron chi connectivity index (χ4n) is 3.76. The van der Waals surface area contributed by atoms with Gasteiger partial charge in [0.05, 0.1) is 11.9 Å². The van der Waals surface area contributed by atoms with Gasteiger partial charge in [0.25, 0.3) is 0 Å². The van der Waals surface area contributed by atoms with Gasteiger partial charge in [0.2, 0.25) is 11.8 Å². The number of aromatic nitrogens is 1. The molecular formula is C17H21N3O2. The minimum Gasteiger partial charge on any atom is -0.342 e. The molecule has 2 saturated heterocycles. The molecule has 0 N–H and O–H groups in total. The van der Waals surface area contributed by atoms with Crippen molar-refractivity contribution in [2.75, 3.05) is 24.5 Å². The molecule has 3 heterocycles. The van der Waals surface area contributed by atoms with Crippen molar-refractivity contribution < 1.29 is 9.59 Å². The van der Waals surface area contributed by atoms with Crippen molar-refractivity contribution in [2.24, 2.45) is 11.3 Å². The van der Waals surface area contributed by atoms with Crippen LogP contribution >= 0.6 is 0 Å². The van der Waals surface area contributed by atoms with E-state index >= 15 is 0 Å². The van der Waals surface area contributed by atoms with Crippen molar-refractivity contribution in [3.8, 4) is 0 Å². The van der Waals surface area contributed by atoms with Crippen molar-refractivity contribution in [1.29, 1.82) is 0 Å². The van der Waals surface area contributed by atoms with Gasteiger partial charge >= 0.3 is 0 Å². The molecule has 3 fully saturated rings. The van der Waals surface area contributed by atoms with Crippen LogP contribution in [0.15, 0.2) is 24.5 Å². The summed E-state index contributed by atoms with van der Waals surface area (Å²) in [4.78, 5) is 32.6. The Morgan fingerprint density at radius 2 is 2.23 bits per heavy atom. The molecule has 1 aliphatic carbocycles. The van der Waals surface area contributed by atoms with E-state index < -0.39 is 0 Å². The molecule has 5 heteroatoms. The first kappa shape index (κ1) is 13.7. The summed E-state index contributed by atoms with van der Waals surface area (Å²) in [6, 6.07) is 3.78. The first-order valence-electron chi connectivity index (χ1n) is 8.13. The number of hydrogen-bond donors (Lipinski definition) is 0. The van der Waals surface area contributed by atoms with Crippen molar-refractivity contribution in [2.45, 2.75) is 32.1 Å². The SMILES string of the molecule is O=C(CC1CC1)N1CCC2(CC(=O)N(c3cccnc3)C2)C1. The summed E-state index contributed by atoms with van der Waals surface area (Å²) in [7, 11) is 0. The van der Waals surface area contributed by atoms with Crippen LogP contribution in [0.5, 0.6) is 0 Å². The molecule has 4 rings (SSSR count). The summed E-state index contributed by atoms with van der Waals surface area (Å²) >= 11 is 0. The van der Waals surface area contributed by atoms with Gasteiger partial charge in [-0.05, 0) is 37.3 Å². The normalized spacial score (nSPS) is 27.9. The molecule has 1 unspecified atom stereocenters. The molecule has 2 aliphatic heterocycles. The zero-order valence-electron chi connectivity index (χ0n) is 12.7. The molecular weight excluding hydrogens is 278 g/mol. The van der Waals surface area contributed by atoms with E-state index in [1.54, 1.807) is 12.4 Å². The monoisotopic (exact) mass is 299 g/mol. The maximum Gasteiger partial charge on any atom is 0.227 e. The second-order valence-electron chi connectivity index (χ2n) is 7.08. The fourth-order valence-corrected chi connectivity index (χ4v) is 3.76. The maximum absolute atomic E-state index is 12.4. The Hall–Kier alpha value is -1.91. The van der Waals surface area contributed by atoms with Crippen molar-refractivity contribution in [1.82, 2.24) is 9.88 Å². The number of carbonyl (C=O) groups excluding carboxylic acids is 2. The first-order chi connectivity index (χ1) is 10.7. The van der Waals surface area contributed by atoms with Crippen molar-refractivity contribution >= 4 is 17.5 Å². The number of likely N-dealkylation sites (tertiary alicyclic amines) is 1. The van der Waals surface area contributed by atoms with Crippen LogP contribution in [0.25, 0.3) is 0 Å². The molecule has 1 aromatic heterocycles. The highest BCUT2D eigenvalue weighted by molar-refractivity contribution is 5.96. The van der Waals surface area contributed by atoms with E-state index in [9.17, 15) is 9.59 Å². The lowest BCUT2D eigenvalue weighted by atomic mass is 9.86. The van der Waals surface area contributed by atoms with Gasteiger partial charge in [-0.15, -0.1) is 0 Å². The van der Waals surface area contributed by atoms with Gasteiger partial charge in [0.1, 0.15) is 0 Å². The number of hydrogen-bond acceptors (Lipinski definition) is 3. The Balaban J connectivity index is 1.45. The third kappa shape index (κ3) is 2.49. The summed E-state index contributed by atoms with van der Waals surface area (Å²) in [6.07, 6.45) is 8.06. The average molecular weight is 299 g/mol. The highest BCUT2D eigenvalue weighted by Crippen LogP contribution is 2.42. The molecule has 5 nitrogen and oxygen atoms in total. The predicted octanol–water partition coefficient (Wildman–Crippen LogP) is 1.84. The van der Waals surface area contributed by atoms with Gasteiger partial charge in [-0.25, -0.2) is 0 Å². The Morgan fingerprint density at radius 3 is 2.95 bits per heavy atom. The number of pyridine rings is 1. The van der Waals surface area contributed by atoms with Crippen LogP contribution in [-0.4, -0.2) is 41.3 Å². The molecule has 22 heavy (non-hydrogen) atoms. The van der Waals surface area contributed by atoms with Crippen LogP contribution in [-0.2, 0) is 9.59 Å². The predicted molar refractivity (Wildman–Crippen MR) is 82.2 cm³/mol. The van der Waals surface area contributed by atoms with Crippen molar-refractivity contribution in [3.63, 3.8) is 0 Å². The highest BCUT2D eigenvalue weighted by atomic mass is 16.2. The maximum atomic E-state index is 12.4. The van der Waals surface area contributed by atoms with Crippen LogP contribution in [0, 0.1) is 11.3 Å². The van der Waals surface area contributed by atoms with Crippen LogP contribution in [0.4, 0.5) is 5.69 Å². The third-order valence-electron chi connectivity index (χ3n) is 5.23. The molecule has 1 aromatic rings. The van der Waals surface area contributed by atoms with Gasteiger partial charge in [-0.1, -0.05) is 0 Å². The zero-order chi connectivity index (χ0) is 15.2. The number of anilines is 1. The van der Waals surface area contributed by atoms with E-state index in [1.165, 1.54) is 12.8 Å². The van der Waals surface area contributed by atoms with Gasteiger partial charge in [0.15, 0.2) is 0 Å². The largest absolute Gasteiger partial charge is 0.342 e. The lowest BCUT2D eigenvalue weighted by Crippen LogP contribution is -2.34. The summed E-state index contributed by atoms with van der Waals surface area (Å²) < 4.78 is 0. The standard InChI is InChI=1S/C17H21N3O2/c21-15(8-13-3-4-13)19-7-5-17(11-19)9-16(22)20(12-17)14-2-1-6-18-10-14/h1-2,6,10,13H,3-5,7-9,11-12H2. The number of nitrogens with zero attached hydrogens (tertiary/aromatic N) is 3. The minimum atomic E-state index is -0.0495. The van der Waals surface area contributed by atoms with Crippen LogP contribution < -0.4 is 4.90 Å².